The highest BCUT2D eigenvalue weighted by atomic mass is 14.9. The van der Waals surface area contributed by atoms with E-state index in [9.17, 15) is 0 Å². The Morgan fingerprint density at radius 3 is 1.46 bits per heavy atom. The molecule has 4 nitrogen and oxygen atoms in total. The van der Waals surface area contributed by atoms with Crippen LogP contribution >= 0.6 is 0 Å². The van der Waals surface area contributed by atoms with Crippen molar-refractivity contribution in [1.29, 1.82) is 0 Å². The number of aromatic nitrogens is 4. The lowest BCUT2D eigenvalue weighted by Gasteiger charge is -2.12. The molecule has 10 aromatic rings. The quantitative estimate of drug-likeness (QED) is 0.172. The summed E-state index contributed by atoms with van der Waals surface area (Å²) in [6.45, 7) is 0. The van der Waals surface area contributed by atoms with E-state index in [2.05, 4.69) is 140 Å². The summed E-state index contributed by atoms with van der Waals surface area (Å²) in [7, 11) is 0. The van der Waals surface area contributed by atoms with Crippen molar-refractivity contribution in [3.05, 3.63) is 182 Å². The summed E-state index contributed by atoms with van der Waals surface area (Å²) in [6, 6.07) is 63.4. The number of rotatable bonds is 5. The predicted molar refractivity (Wildman–Crippen MR) is 215 cm³/mol. The van der Waals surface area contributed by atoms with Crippen LogP contribution in [0.25, 0.3) is 99.8 Å². The van der Waals surface area contributed by atoms with Crippen LogP contribution in [0.2, 0.25) is 0 Å². The predicted octanol–water partition coefficient (Wildman–Crippen LogP) is 12.2. The average Bonchev–Trinajstić information content (AvgIpc) is 3.23. The molecule has 0 fully saturated rings. The van der Waals surface area contributed by atoms with Crippen LogP contribution in [0.1, 0.15) is 0 Å². The molecule has 10 rings (SSSR count). The largest absolute Gasteiger partial charge is 0.245 e. The fourth-order valence-corrected chi connectivity index (χ4v) is 7.13. The van der Waals surface area contributed by atoms with Crippen molar-refractivity contribution < 1.29 is 0 Å². The van der Waals surface area contributed by atoms with E-state index >= 15 is 0 Å². The molecule has 3 aromatic heterocycles. The van der Waals surface area contributed by atoms with E-state index in [1.807, 2.05) is 42.5 Å². The molecule has 0 atom stereocenters. The van der Waals surface area contributed by atoms with E-state index in [4.69, 9.17) is 19.9 Å². The van der Waals surface area contributed by atoms with Gasteiger partial charge < -0.3 is 0 Å². The highest BCUT2D eigenvalue weighted by molar-refractivity contribution is 6.04. The van der Waals surface area contributed by atoms with Gasteiger partial charge in [-0.2, -0.15) is 0 Å². The number of pyridine rings is 2. The fraction of sp³-hybridized carbons (Fsp3) is 0. The highest BCUT2D eigenvalue weighted by Gasteiger charge is 2.14. The molecule has 242 valence electrons. The van der Waals surface area contributed by atoms with Gasteiger partial charge in [0.25, 0.3) is 0 Å². The Bertz CT molecular complexity index is 2940. The number of hydrogen-bond acceptors (Lipinski definition) is 4. The third-order valence-corrected chi connectivity index (χ3v) is 9.83. The molecule has 0 unspecified atom stereocenters. The molecule has 52 heavy (non-hydrogen) atoms. The topological polar surface area (TPSA) is 51.6 Å². The van der Waals surface area contributed by atoms with E-state index in [0.29, 0.717) is 0 Å². The molecule has 0 aliphatic carbocycles. The maximum Gasteiger partial charge on any atom is 0.160 e. The standard InChI is InChI=1S/C48H30N4/c1-4-10-32(11-5-1)42-26-23-34-18-19-35-24-27-43(50-47(35)46(34)49-42)39-21-17-31-16-20-37(28-40(31)29-39)38-22-25-41-44(30-38)51-48(36-14-8-3-9-15-36)52-45(41)33-12-6-2-7-13-33/h1-30H. The molecule has 0 saturated heterocycles. The number of nitrogens with zero attached hydrogens (tertiary/aromatic N) is 4. The lowest BCUT2D eigenvalue weighted by molar-refractivity contribution is 1.23. The van der Waals surface area contributed by atoms with E-state index in [1.165, 1.54) is 5.39 Å². The first kappa shape index (κ1) is 29.8. The molecule has 7 aromatic carbocycles. The van der Waals surface area contributed by atoms with Crippen molar-refractivity contribution in [2.45, 2.75) is 0 Å². The van der Waals surface area contributed by atoms with Gasteiger partial charge in [-0.25, -0.2) is 19.9 Å². The van der Waals surface area contributed by atoms with Crippen LogP contribution in [-0.2, 0) is 0 Å². The molecule has 3 heterocycles. The van der Waals surface area contributed by atoms with Crippen LogP contribution in [0.5, 0.6) is 0 Å². The van der Waals surface area contributed by atoms with E-state index in [0.717, 1.165) is 94.4 Å². The number of fused-ring (bicyclic) bond motifs is 5. The highest BCUT2D eigenvalue weighted by Crippen LogP contribution is 2.35. The SMILES string of the molecule is c1ccc(-c2ccc3ccc4ccc(-c5ccc6ccc(-c7ccc8c(-c9ccccc9)nc(-c9ccccc9)nc8c7)cc6c5)nc4c3n2)cc1. The van der Waals surface area contributed by atoms with E-state index in [1.54, 1.807) is 0 Å². The molecule has 0 aliphatic heterocycles. The maximum atomic E-state index is 5.22. The lowest BCUT2D eigenvalue weighted by atomic mass is 9.97. The van der Waals surface area contributed by atoms with Crippen molar-refractivity contribution in [2.24, 2.45) is 0 Å². The Morgan fingerprint density at radius 2 is 0.788 bits per heavy atom. The Hall–Kier alpha value is -7.04. The van der Waals surface area contributed by atoms with Crippen molar-refractivity contribution >= 4 is 43.5 Å². The van der Waals surface area contributed by atoms with Crippen LogP contribution in [0, 0.1) is 0 Å². The summed E-state index contributed by atoms with van der Waals surface area (Å²) in [4.78, 5) is 20.5. The Labute approximate surface area is 300 Å². The van der Waals surface area contributed by atoms with Crippen LogP contribution in [0.3, 0.4) is 0 Å². The second kappa shape index (κ2) is 12.4. The smallest absolute Gasteiger partial charge is 0.160 e. The zero-order chi connectivity index (χ0) is 34.4. The van der Waals surface area contributed by atoms with Gasteiger partial charge in [-0.15, -0.1) is 0 Å². The van der Waals surface area contributed by atoms with Gasteiger partial charge in [0.05, 0.1) is 33.6 Å². The van der Waals surface area contributed by atoms with Crippen LogP contribution in [-0.4, -0.2) is 19.9 Å². The van der Waals surface area contributed by atoms with E-state index in [-0.39, 0.29) is 0 Å². The van der Waals surface area contributed by atoms with Gasteiger partial charge in [0.15, 0.2) is 5.82 Å². The molecule has 0 spiro atoms. The summed E-state index contributed by atoms with van der Waals surface area (Å²) in [5.74, 6) is 0.717. The van der Waals surface area contributed by atoms with Gasteiger partial charge in [-0.05, 0) is 58.3 Å². The Kier molecular flexibility index (Phi) is 7.10. The van der Waals surface area contributed by atoms with E-state index < -0.39 is 0 Å². The third-order valence-electron chi connectivity index (χ3n) is 9.83. The maximum absolute atomic E-state index is 5.22. The second-order valence-corrected chi connectivity index (χ2v) is 13.1. The van der Waals surface area contributed by atoms with Gasteiger partial charge in [0, 0.05) is 38.4 Å². The second-order valence-electron chi connectivity index (χ2n) is 13.1. The summed E-state index contributed by atoms with van der Waals surface area (Å²) in [5.41, 5.74) is 12.0. The normalized spacial score (nSPS) is 11.5. The van der Waals surface area contributed by atoms with Crippen molar-refractivity contribution in [3.8, 4) is 56.3 Å². The monoisotopic (exact) mass is 662 g/mol. The molecule has 0 radical (unpaired) electrons. The van der Waals surface area contributed by atoms with Gasteiger partial charge in [-0.3, -0.25) is 0 Å². The van der Waals surface area contributed by atoms with Gasteiger partial charge in [-0.1, -0.05) is 146 Å². The molecule has 0 N–H and O–H groups in total. The first-order valence-electron chi connectivity index (χ1n) is 17.5. The summed E-state index contributed by atoms with van der Waals surface area (Å²) in [5, 5.41) is 5.50. The molecule has 4 heteroatoms. The Balaban J connectivity index is 1.06. The zero-order valence-electron chi connectivity index (χ0n) is 28.1. The van der Waals surface area contributed by atoms with Crippen LogP contribution in [0.15, 0.2) is 182 Å². The number of hydrogen-bond donors (Lipinski definition) is 0. The van der Waals surface area contributed by atoms with Gasteiger partial charge in [0.1, 0.15) is 0 Å². The average molecular weight is 663 g/mol. The minimum atomic E-state index is 0.717. The lowest BCUT2D eigenvalue weighted by Crippen LogP contribution is -1.95. The molecular weight excluding hydrogens is 633 g/mol. The van der Waals surface area contributed by atoms with Crippen LogP contribution in [0.4, 0.5) is 0 Å². The Morgan fingerprint density at radius 1 is 0.288 bits per heavy atom. The summed E-state index contributed by atoms with van der Waals surface area (Å²) in [6.07, 6.45) is 0. The van der Waals surface area contributed by atoms with Gasteiger partial charge >= 0.3 is 0 Å². The molecule has 0 saturated carbocycles. The fourth-order valence-electron chi connectivity index (χ4n) is 7.13. The summed E-state index contributed by atoms with van der Waals surface area (Å²) < 4.78 is 0. The molecule has 0 bridgehead atoms. The minimum Gasteiger partial charge on any atom is -0.245 e. The molecular formula is C48H30N4. The first-order valence-corrected chi connectivity index (χ1v) is 17.5. The third kappa shape index (κ3) is 5.34. The minimum absolute atomic E-state index is 0.717. The molecule has 0 aliphatic rings. The zero-order valence-corrected chi connectivity index (χ0v) is 28.1. The first-order chi connectivity index (χ1) is 25.7. The van der Waals surface area contributed by atoms with Gasteiger partial charge in [0.2, 0.25) is 0 Å². The van der Waals surface area contributed by atoms with Crippen molar-refractivity contribution in [3.63, 3.8) is 0 Å². The summed E-state index contributed by atoms with van der Waals surface area (Å²) >= 11 is 0. The van der Waals surface area contributed by atoms with Crippen molar-refractivity contribution in [1.82, 2.24) is 19.9 Å². The molecule has 0 amide bonds. The van der Waals surface area contributed by atoms with Crippen LogP contribution < -0.4 is 0 Å². The van der Waals surface area contributed by atoms with Crippen molar-refractivity contribution in [2.75, 3.05) is 0 Å². The number of benzene rings is 7.